The molecule has 1 aromatic rings. The minimum atomic E-state index is -1.41. The second-order valence-corrected chi connectivity index (χ2v) is 4.64. The molecule has 17 heavy (non-hydrogen) atoms. The van der Waals surface area contributed by atoms with Crippen LogP contribution in [0.2, 0.25) is 0 Å². The molecular formula is C13H16F3N. The fourth-order valence-electron chi connectivity index (χ4n) is 2.31. The predicted octanol–water partition coefficient (Wildman–Crippen LogP) is 4.10. The van der Waals surface area contributed by atoms with Crippen LogP contribution in [0.25, 0.3) is 0 Å². The van der Waals surface area contributed by atoms with E-state index in [0.29, 0.717) is 18.2 Å². The van der Waals surface area contributed by atoms with Crippen molar-refractivity contribution in [1.29, 1.82) is 0 Å². The second-order valence-electron chi connectivity index (χ2n) is 4.64. The highest BCUT2D eigenvalue weighted by Gasteiger charge is 2.14. The van der Waals surface area contributed by atoms with Crippen LogP contribution < -0.4 is 5.32 Å². The molecule has 2 rings (SSSR count). The maximum absolute atomic E-state index is 13.0. The van der Waals surface area contributed by atoms with Gasteiger partial charge in [0.25, 0.3) is 0 Å². The summed E-state index contributed by atoms with van der Waals surface area (Å²) in [7, 11) is 0. The molecule has 0 atom stereocenters. The molecule has 0 bridgehead atoms. The number of halogens is 3. The lowest BCUT2D eigenvalue weighted by atomic mass is 9.89. The number of hydrogen-bond acceptors (Lipinski definition) is 1. The first kappa shape index (κ1) is 12.3. The summed E-state index contributed by atoms with van der Waals surface area (Å²) in [6.45, 7) is 0.699. The molecule has 0 heterocycles. The van der Waals surface area contributed by atoms with E-state index in [0.717, 1.165) is 25.0 Å². The summed E-state index contributed by atoms with van der Waals surface area (Å²) in [5.41, 5.74) is 0.312. The van der Waals surface area contributed by atoms with Gasteiger partial charge in [-0.05, 0) is 18.8 Å². The number of anilines is 1. The van der Waals surface area contributed by atoms with Gasteiger partial charge in [-0.15, -0.1) is 0 Å². The Hall–Kier alpha value is -1.19. The molecule has 0 spiro atoms. The van der Waals surface area contributed by atoms with E-state index in [2.05, 4.69) is 5.32 Å². The van der Waals surface area contributed by atoms with Gasteiger partial charge in [-0.25, -0.2) is 13.2 Å². The average molecular weight is 243 g/mol. The maximum atomic E-state index is 13.0. The fraction of sp³-hybridized carbons (Fsp3) is 0.538. The van der Waals surface area contributed by atoms with Crippen LogP contribution in [-0.4, -0.2) is 6.54 Å². The van der Waals surface area contributed by atoms with Crippen molar-refractivity contribution in [3.63, 3.8) is 0 Å². The Labute approximate surface area is 99.0 Å². The standard InChI is InChI=1S/C13H16F3N/c14-11-6-10(7-12(15)13(11)16)17-8-9-4-2-1-3-5-9/h6-7,9,17H,1-5,8H2. The summed E-state index contributed by atoms with van der Waals surface area (Å²) in [6.07, 6.45) is 6.02. The van der Waals surface area contributed by atoms with Gasteiger partial charge in [-0.2, -0.15) is 0 Å². The van der Waals surface area contributed by atoms with Crippen molar-refractivity contribution >= 4 is 5.69 Å². The summed E-state index contributed by atoms with van der Waals surface area (Å²) in [4.78, 5) is 0. The van der Waals surface area contributed by atoms with Gasteiger partial charge in [-0.1, -0.05) is 19.3 Å². The highest BCUT2D eigenvalue weighted by Crippen LogP contribution is 2.24. The first-order chi connectivity index (χ1) is 8.16. The van der Waals surface area contributed by atoms with Gasteiger partial charge in [0.1, 0.15) is 0 Å². The summed E-state index contributed by atoms with van der Waals surface area (Å²) < 4.78 is 38.6. The molecule has 0 aliphatic heterocycles. The monoisotopic (exact) mass is 243 g/mol. The Kier molecular flexibility index (Phi) is 3.92. The zero-order valence-corrected chi connectivity index (χ0v) is 9.61. The summed E-state index contributed by atoms with van der Waals surface area (Å²) in [6, 6.07) is 2.00. The third-order valence-corrected chi connectivity index (χ3v) is 3.30. The molecule has 1 aliphatic carbocycles. The van der Waals surface area contributed by atoms with Crippen LogP contribution in [0.1, 0.15) is 32.1 Å². The largest absolute Gasteiger partial charge is 0.385 e. The number of hydrogen-bond donors (Lipinski definition) is 1. The normalized spacial score (nSPS) is 17.1. The molecule has 0 amide bonds. The first-order valence-corrected chi connectivity index (χ1v) is 6.05. The van der Waals surface area contributed by atoms with Gasteiger partial charge in [0.05, 0.1) is 0 Å². The molecule has 0 saturated heterocycles. The molecule has 1 aromatic carbocycles. The molecule has 1 nitrogen and oxygen atoms in total. The third-order valence-electron chi connectivity index (χ3n) is 3.30. The Morgan fingerprint density at radius 2 is 1.59 bits per heavy atom. The van der Waals surface area contributed by atoms with Crippen molar-refractivity contribution in [3.05, 3.63) is 29.6 Å². The molecule has 0 unspecified atom stereocenters. The van der Waals surface area contributed by atoms with E-state index in [1.807, 2.05) is 0 Å². The maximum Gasteiger partial charge on any atom is 0.194 e. The molecule has 1 aliphatic rings. The van der Waals surface area contributed by atoms with E-state index in [1.165, 1.54) is 19.3 Å². The minimum absolute atomic E-state index is 0.312. The second kappa shape index (κ2) is 5.43. The summed E-state index contributed by atoms with van der Waals surface area (Å²) >= 11 is 0. The lowest BCUT2D eigenvalue weighted by molar-refractivity contribution is 0.373. The van der Waals surface area contributed by atoms with Crippen LogP contribution in [0.4, 0.5) is 18.9 Å². The van der Waals surface area contributed by atoms with E-state index in [1.54, 1.807) is 0 Å². The van der Waals surface area contributed by atoms with Crippen molar-refractivity contribution in [2.75, 3.05) is 11.9 Å². The quantitative estimate of drug-likeness (QED) is 0.788. The van der Waals surface area contributed by atoms with Crippen molar-refractivity contribution in [3.8, 4) is 0 Å². The van der Waals surface area contributed by atoms with Gasteiger partial charge < -0.3 is 5.32 Å². The van der Waals surface area contributed by atoms with Crippen molar-refractivity contribution in [2.24, 2.45) is 5.92 Å². The van der Waals surface area contributed by atoms with Crippen LogP contribution in [-0.2, 0) is 0 Å². The summed E-state index contributed by atoms with van der Waals surface area (Å²) in [5.74, 6) is -3.14. The zero-order valence-electron chi connectivity index (χ0n) is 9.61. The Morgan fingerprint density at radius 1 is 1.00 bits per heavy atom. The Bertz CT molecular complexity index is 363. The van der Waals surface area contributed by atoms with Gasteiger partial charge in [0, 0.05) is 24.4 Å². The van der Waals surface area contributed by atoms with E-state index in [4.69, 9.17) is 0 Å². The predicted molar refractivity (Wildman–Crippen MR) is 61.4 cm³/mol. The highest BCUT2D eigenvalue weighted by atomic mass is 19.2. The van der Waals surface area contributed by atoms with Crippen LogP contribution >= 0.6 is 0 Å². The minimum Gasteiger partial charge on any atom is -0.385 e. The lowest BCUT2D eigenvalue weighted by Gasteiger charge is -2.22. The third kappa shape index (κ3) is 3.14. The van der Waals surface area contributed by atoms with Crippen LogP contribution in [0.15, 0.2) is 12.1 Å². The zero-order chi connectivity index (χ0) is 12.3. The molecule has 1 fully saturated rings. The molecule has 0 aromatic heterocycles. The number of nitrogens with one attached hydrogen (secondary N) is 1. The van der Waals surface area contributed by atoms with E-state index in [9.17, 15) is 13.2 Å². The molecule has 4 heteroatoms. The van der Waals surface area contributed by atoms with Gasteiger partial charge >= 0.3 is 0 Å². The number of rotatable bonds is 3. The Morgan fingerprint density at radius 3 is 2.18 bits per heavy atom. The molecule has 0 radical (unpaired) electrons. The average Bonchev–Trinajstić information content (AvgIpc) is 2.34. The van der Waals surface area contributed by atoms with Gasteiger partial charge in [0.2, 0.25) is 0 Å². The molecule has 94 valence electrons. The fourth-order valence-corrected chi connectivity index (χ4v) is 2.31. The van der Waals surface area contributed by atoms with Gasteiger partial charge in [0.15, 0.2) is 17.5 Å². The molecule has 1 saturated carbocycles. The van der Waals surface area contributed by atoms with Crippen molar-refractivity contribution < 1.29 is 13.2 Å². The summed E-state index contributed by atoms with van der Waals surface area (Å²) in [5, 5.41) is 2.98. The molecule has 1 N–H and O–H groups in total. The molecular weight excluding hydrogens is 227 g/mol. The van der Waals surface area contributed by atoms with Crippen LogP contribution in [0.3, 0.4) is 0 Å². The van der Waals surface area contributed by atoms with E-state index in [-0.39, 0.29) is 0 Å². The smallest absolute Gasteiger partial charge is 0.194 e. The topological polar surface area (TPSA) is 12.0 Å². The van der Waals surface area contributed by atoms with Crippen molar-refractivity contribution in [2.45, 2.75) is 32.1 Å². The highest BCUT2D eigenvalue weighted by molar-refractivity contribution is 5.44. The first-order valence-electron chi connectivity index (χ1n) is 6.05. The van der Waals surface area contributed by atoms with Crippen LogP contribution in [0, 0.1) is 23.4 Å². The lowest BCUT2D eigenvalue weighted by Crippen LogP contribution is -2.17. The Balaban J connectivity index is 1.94. The van der Waals surface area contributed by atoms with Gasteiger partial charge in [-0.3, -0.25) is 0 Å². The SMILES string of the molecule is Fc1cc(NCC2CCCCC2)cc(F)c1F. The van der Waals surface area contributed by atoms with Crippen LogP contribution in [0.5, 0.6) is 0 Å². The van der Waals surface area contributed by atoms with Crippen molar-refractivity contribution in [1.82, 2.24) is 0 Å². The van der Waals surface area contributed by atoms with E-state index < -0.39 is 17.5 Å². The number of benzene rings is 1. The van der Waals surface area contributed by atoms with E-state index >= 15 is 0 Å².